The van der Waals surface area contributed by atoms with Crippen LogP contribution < -0.4 is 19.7 Å². The lowest BCUT2D eigenvalue weighted by Crippen LogP contribution is -2.27. The monoisotopic (exact) mass is 357 g/mol. The number of hydrogen-bond acceptors (Lipinski definition) is 5. The molecular formula is C20H27N3O3. The molecule has 0 aliphatic carbocycles. The number of nitrogens with zero attached hydrogens (tertiary/aromatic N) is 2. The second-order valence-electron chi connectivity index (χ2n) is 6.06. The Morgan fingerprint density at radius 2 is 1.81 bits per heavy atom. The van der Waals surface area contributed by atoms with Crippen LogP contribution in [0.1, 0.15) is 42.9 Å². The maximum absolute atomic E-state index is 12.4. The van der Waals surface area contributed by atoms with E-state index in [2.05, 4.69) is 10.3 Å². The second-order valence-corrected chi connectivity index (χ2v) is 6.06. The molecule has 1 N–H and O–H groups in total. The highest BCUT2D eigenvalue weighted by molar-refractivity contribution is 5.92. The van der Waals surface area contributed by atoms with Crippen molar-refractivity contribution in [2.24, 2.45) is 0 Å². The van der Waals surface area contributed by atoms with Crippen LogP contribution in [0.2, 0.25) is 0 Å². The molecule has 0 aliphatic rings. The number of pyridine rings is 1. The molecule has 0 unspecified atom stereocenters. The Kier molecular flexibility index (Phi) is 6.83. The maximum atomic E-state index is 12.4. The van der Waals surface area contributed by atoms with Gasteiger partial charge < -0.3 is 19.7 Å². The van der Waals surface area contributed by atoms with Crippen LogP contribution in [0.25, 0.3) is 0 Å². The molecule has 1 aromatic carbocycles. The molecule has 0 saturated carbocycles. The molecule has 0 spiro atoms. The van der Waals surface area contributed by atoms with Crippen molar-refractivity contribution in [3.8, 4) is 11.5 Å². The fourth-order valence-electron chi connectivity index (χ4n) is 2.48. The van der Waals surface area contributed by atoms with Gasteiger partial charge in [0.2, 0.25) is 0 Å². The Morgan fingerprint density at radius 1 is 1.12 bits per heavy atom. The molecule has 140 valence electrons. The number of anilines is 1. The van der Waals surface area contributed by atoms with Gasteiger partial charge in [-0.1, -0.05) is 6.07 Å². The number of rotatable bonds is 8. The van der Waals surface area contributed by atoms with E-state index in [4.69, 9.17) is 9.47 Å². The molecule has 0 aliphatic heterocycles. The van der Waals surface area contributed by atoms with E-state index in [1.165, 1.54) is 0 Å². The molecule has 1 aromatic heterocycles. The number of amides is 1. The van der Waals surface area contributed by atoms with E-state index in [0.717, 1.165) is 11.3 Å². The molecule has 0 fully saturated rings. The van der Waals surface area contributed by atoms with Crippen LogP contribution in [0.5, 0.6) is 11.5 Å². The van der Waals surface area contributed by atoms with Gasteiger partial charge in [-0.2, -0.15) is 0 Å². The normalized spacial score (nSPS) is 11.6. The third kappa shape index (κ3) is 4.88. The van der Waals surface area contributed by atoms with E-state index in [1.807, 2.05) is 64.0 Å². The number of benzene rings is 1. The zero-order chi connectivity index (χ0) is 19.1. The molecule has 6 heteroatoms. The minimum absolute atomic E-state index is 0.187. The summed E-state index contributed by atoms with van der Waals surface area (Å²) in [5.74, 6) is 1.17. The zero-order valence-electron chi connectivity index (χ0n) is 16.1. The van der Waals surface area contributed by atoms with Crippen molar-refractivity contribution in [3.63, 3.8) is 0 Å². The van der Waals surface area contributed by atoms with Gasteiger partial charge in [0.15, 0.2) is 11.5 Å². The molecular weight excluding hydrogens is 330 g/mol. The highest BCUT2D eigenvalue weighted by Crippen LogP contribution is 2.30. The fraction of sp³-hybridized carbons (Fsp3) is 0.400. The molecule has 0 bridgehead atoms. The van der Waals surface area contributed by atoms with E-state index in [-0.39, 0.29) is 11.9 Å². The minimum Gasteiger partial charge on any atom is -0.490 e. The van der Waals surface area contributed by atoms with Crippen molar-refractivity contribution in [2.75, 3.05) is 32.2 Å². The van der Waals surface area contributed by atoms with Crippen LogP contribution in [0, 0.1) is 0 Å². The van der Waals surface area contributed by atoms with Crippen LogP contribution in [0.4, 0.5) is 5.69 Å². The molecule has 0 radical (unpaired) electrons. The van der Waals surface area contributed by atoms with Crippen LogP contribution in [-0.4, -0.2) is 38.2 Å². The Morgan fingerprint density at radius 3 is 2.38 bits per heavy atom. The van der Waals surface area contributed by atoms with Crippen molar-refractivity contribution >= 4 is 11.6 Å². The quantitative estimate of drug-likeness (QED) is 0.784. The lowest BCUT2D eigenvalue weighted by Gasteiger charge is -2.18. The van der Waals surface area contributed by atoms with Crippen molar-refractivity contribution in [1.82, 2.24) is 10.3 Å². The predicted molar refractivity (Wildman–Crippen MR) is 103 cm³/mol. The van der Waals surface area contributed by atoms with Gasteiger partial charge in [-0.05, 0) is 50.6 Å². The zero-order valence-corrected chi connectivity index (χ0v) is 16.1. The van der Waals surface area contributed by atoms with Crippen LogP contribution in [0.15, 0.2) is 36.5 Å². The van der Waals surface area contributed by atoms with Gasteiger partial charge >= 0.3 is 0 Å². The third-order valence-corrected chi connectivity index (χ3v) is 3.91. The Hall–Kier alpha value is -2.76. The first-order chi connectivity index (χ1) is 12.5. The summed E-state index contributed by atoms with van der Waals surface area (Å²) < 4.78 is 11.2. The van der Waals surface area contributed by atoms with Gasteiger partial charge in [-0.3, -0.25) is 4.79 Å². The van der Waals surface area contributed by atoms with Gasteiger partial charge in [0.25, 0.3) is 5.91 Å². The fourth-order valence-corrected chi connectivity index (χ4v) is 2.48. The number of hydrogen-bond donors (Lipinski definition) is 1. The maximum Gasteiger partial charge on any atom is 0.270 e. The Bertz CT molecular complexity index is 730. The van der Waals surface area contributed by atoms with Gasteiger partial charge in [0.1, 0.15) is 5.69 Å². The third-order valence-electron chi connectivity index (χ3n) is 3.91. The Balaban J connectivity index is 2.11. The molecule has 0 saturated heterocycles. The molecule has 2 aromatic rings. The first-order valence-corrected chi connectivity index (χ1v) is 8.80. The van der Waals surface area contributed by atoms with Gasteiger partial charge in [-0.15, -0.1) is 0 Å². The summed E-state index contributed by atoms with van der Waals surface area (Å²) in [6.45, 7) is 6.90. The lowest BCUT2D eigenvalue weighted by molar-refractivity contribution is 0.0935. The smallest absolute Gasteiger partial charge is 0.270 e. The summed E-state index contributed by atoms with van der Waals surface area (Å²) in [4.78, 5) is 18.6. The minimum atomic E-state index is -0.213. The van der Waals surface area contributed by atoms with E-state index < -0.39 is 0 Å². The number of aromatic nitrogens is 1. The highest BCUT2D eigenvalue weighted by Gasteiger charge is 2.15. The number of carbonyl (C=O) groups is 1. The van der Waals surface area contributed by atoms with Crippen molar-refractivity contribution in [3.05, 3.63) is 47.8 Å². The van der Waals surface area contributed by atoms with Crippen molar-refractivity contribution < 1.29 is 14.3 Å². The standard InChI is InChI=1S/C20H27N3O3/c1-6-25-18-11-8-15(12-19(18)26-7-2)14(3)22-20(24)17-10-9-16(13-21-17)23(4)5/h8-14H,6-7H2,1-5H3,(H,22,24)/t14-/m1/s1. The SMILES string of the molecule is CCOc1ccc([C@@H](C)NC(=O)c2ccc(N(C)C)cn2)cc1OCC. The predicted octanol–water partition coefficient (Wildman–Crippen LogP) is 3.44. The first-order valence-electron chi connectivity index (χ1n) is 8.80. The molecule has 1 atom stereocenters. The largest absolute Gasteiger partial charge is 0.490 e. The van der Waals surface area contributed by atoms with E-state index >= 15 is 0 Å². The lowest BCUT2D eigenvalue weighted by atomic mass is 10.1. The van der Waals surface area contributed by atoms with Crippen molar-refractivity contribution in [2.45, 2.75) is 26.8 Å². The molecule has 6 nitrogen and oxygen atoms in total. The summed E-state index contributed by atoms with van der Waals surface area (Å²) in [6, 6.07) is 9.12. The van der Waals surface area contributed by atoms with Crippen LogP contribution in [-0.2, 0) is 0 Å². The van der Waals surface area contributed by atoms with Crippen molar-refractivity contribution in [1.29, 1.82) is 0 Å². The van der Waals surface area contributed by atoms with E-state index in [0.29, 0.717) is 30.4 Å². The van der Waals surface area contributed by atoms with Gasteiger partial charge in [-0.25, -0.2) is 4.98 Å². The van der Waals surface area contributed by atoms with Gasteiger partial charge in [0.05, 0.1) is 31.1 Å². The second kappa shape index (κ2) is 9.08. The highest BCUT2D eigenvalue weighted by atomic mass is 16.5. The summed E-state index contributed by atoms with van der Waals surface area (Å²) in [7, 11) is 3.86. The summed E-state index contributed by atoms with van der Waals surface area (Å²) in [5.41, 5.74) is 2.27. The number of ether oxygens (including phenoxy) is 2. The molecule has 2 rings (SSSR count). The molecule has 1 heterocycles. The topological polar surface area (TPSA) is 63.7 Å². The molecule has 1 amide bonds. The summed E-state index contributed by atoms with van der Waals surface area (Å²) >= 11 is 0. The van der Waals surface area contributed by atoms with Crippen LogP contribution in [0.3, 0.4) is 0 Å². The summed E-state index contributed by atoms with van der Waals surface area (Å²) in [6.07, 6.45) is 1.68. The van der Waals surface area contributed by atoms with Crippen LogP contribution >= 0.6 is 0 Å². The molecule has 26 heavy (non-hydrogen) atoms. The number of nitrogens with one attached hydrogen (secondary N) is 1. The average Bonchev–Trinajstić information content (AvgIpc) is 2.63. The van der Waals surface area contributed by atoms with Gasteiger partial charge in [0, 0.05) is 14.1 Å². The summed E-state index contributed by atoms with van der Waals surface area (Å²) in [5, 5.41) is 2.97. The average molecular weight is 357 g/mol. The van der Waals surface area contributed by atoms with E-state index in [1.54, 1.807) is 12.3 Å². The van der Waals surface area contributed by atoms with E-state index in [9.17, 15) is 4.79 Å². The first kappa shape index (κ1) is 19.6. The number of carbonyl (C=O) groups excluding carboxylic acids is 1. The Labute approximate surface area is 155 Å².